The minimum absolute atomic E-state index is 0.104. The molecule has 1 N–H and O–H groups in total. The second-order valence-electron chi connectivity index (χ2n) is 4.42. The summed E-state index contributed by atoms with van der Waals surface area (Å²) < 4.78 is 10.7. The van der Waals surface area contributed by atoms with E-state index in [1.54, 1.807) is 13.2 Å². The van der Waals surface area contributed by atoms with E-state index in [0.29, 0.717) is 18.1 Å². The number of hydrogen-bond donors (Lipinski definition) is 1. The second-order valence-corrected chi connectivity index (χ2v) is 4.42. The summed E-state index contributed by atoms with van der Waals surface area (Å²) in [4.78, 5) is 11.8. The van der Waals surface area contributed by atoms with Gasteiger partial charge in [-0.05, 0) is 31.9 Å². The summed E-state index contributed by atoms with van der Waals surface area (Å²) in [6.45, 7) is 2.51. The first kappa shape index (κ1) is 12.7. The van der Waals surface area contributed by atoms with Crippen LogP contribution in [0.15, 0.2) is 18.2 Å². The average molecular weight is 249 g/mol. The SMILES string of the molecule is CCOc1ccc(NC(=O)C2CCC2)cc1OC. The van der Waals surface area contributed by atoms with Crippen molar-refractivity contribution in [2.24, 2.45) is 5.92 Å². The highest BCUT2D eigenvalue weighted by atomic mass is 16.5. The average Bonchev–Trinajstić information content (AvgIpc) is 2.29. The number of anilines is 1. The summed E-state index contributed by atoms with van der Waals surface area (Å²) in [5, 5.41) is 2.91. The number of benzene rings is 1. The maximum atomic E-state index is 11.8. The molecule has 2 rings (SSSR count). The number of rotatable bonds is 5. The molecule has 0 atom stereocenters. The fraction of sp³-hybridized carbons (Fsp3) is 0.500. The highest BCUT2D eigenvalue weighted by Gasteiger charge is 2.25. The Hall–Kier alpha value is -1.71. The molecule has 0 unspecified atom stereocenters. The van der Waals surface area contributed by atoms with Crippen molar-refractivity contribution in [3.63, 3.8) is 0 Å². The quantitative estimate of drug-likeness (QED) is 0.872. The van der Waals surface area contributed by atoms with Gasteiger partial charge in [-0.15, -0.1) is 0 Å². The van der Waals surface area contributed by atoms with Gasteiger partial charge < -0.3 is 14.8 Å². The van der Waals surface area contributed by atoms with Crippen LogP contribution in [0.5, 0.6) is 11.5 Å². The third-order valence-electron chi connectivity index (χ3n) is 3.21. The molecule has 0 aromatic heterocycles. The molecule has 1 aromatic carbocycles. The van der Waals surface area contributed by atoms with Crippen molar-refractivity contribution in [2.75, 3.05) is 19.0 Å². The van der Waals surface area contributed by atoms with Crippen LogP contribution in [0.1, 0.15) is 26.2 Å². The van der Waals surface area contributed by atoms with E-state index < -0.39 is 0 Å². The van der Waals surface area contributed by atoms with Crippen LogP contribution in [0.4, 0.5) is 5.69 Å². The van der Waals surface area contributed by atoms with E-state index in [1.165, 1.54) is 0 Å². The normalized spacial score (nSPS) is 14.8. The van der Waals surface area contributed by atoms with Gasteiger partial charge in [0.05, 0.1) is 13.7 Å². The molecular formula is C14H19NO3. The smallest absolute Gasteiger partial charge is 0.227 e. The molecule has 98 valence electrons. The monoisotopic (exact) mass is 249 g/mol. The van der Waals surface area contributed by atoms with Crippen molar-refractivity contribution >= 4 is 11.6 Å². The molecular weight excluding hydrogens is 230 g/mol. The highest BCUT2D eigenvalue weighted by Crippen LogP contribution is 2.32. The molecule has 0 saturated heterocycles. The lowest BCUT2D eigenvalue weighted by Crippen LogP contribution is -2.28. The molecule has 1 aromatic rings. The van der Waals surface area contributed by atoms with Gasteiger partial charge >= 0.3 is 0 Å². The number of methoxy groups -OCH3 is 1. The van der Waals surface area contributed by atoms with Crippen LogP contribution in [-0.2, 0) is 4.79 Å². The van der Waals surface area contributed by atoms with Crippen LogP contribution >= 0.6 is 0 Å². The number of carbonyl (C=O) groups is 1. The van der Waals surface area contributed by atoms with Crippen LogP contribution < -0.4 is 14.8 Å². The van der Waals surface area contributed by atoms with E-state index in [2.05, 4.69) is 5.32 Å². The zero-order valence-electron chi connectivity index (χ0n) is 10.9. The molecule has 1 aliphatic rings. The first-order valence-electron chi connectivity index (χ1n) is 6.36. The number of nitrogens with one attached hydrogen (secondary N) is 1. The van der Waals surface area contributed by atoms with Crippen LogP contribution in [0.2, 0.25) is 0 Å². The minimum atomic E-state index is 0.104. The fourth-order valence-corrected chi connectivity index (χ4v) is 1.93. The van der Waals surface area contributed by atoms with Crippen molar-refractivity contribution in [3.8, 4) is 11.5 Å². The first-order valence-corrected chi connectivity index (χ1v) is 6.36. The Kier molecular flexibility index (Phi) is 4.07. The van der Waals surface area contributed by atoms with Crippen LogP contribution in [0.25, 0.3) is 0 Å². The summed E-state index contributed by atoms with van der Waals surface area (Å²) in [6, 6.07) is 5.45. The number of ether oxygens (including phenoxy) is 2. The van der Waals surface area contributed by atoms with Crippen molar-refractivity contribution < 1.29 is 14.3 Å². The fourth-order valence-electron chi connectivity index (χ4n) is 1.93. The van der Waals surface area contributed by atoms with E-state index in [4.69, 9.17) is 9.47 Å². The molecule has 0 heterocycles. The number of carbonyl (C=O) groups excluding carboxylic acids is 1. The maximum Gasteiger partial charge on any atom is 0.227 e. The van der Waals surface area contributed by atoms with Crippen molar-refractivity contribution in [3.05, 3.63) is 18.2 Å². The summed E-state index contributed by atoms with van der Waals surface area (Å²) in [7, 11) is 1.59. The van der Waals surface area contributed by atoms with Gasteiger partial charge in [-0.2, -0.15) is 0 Å². The van der Waals surface area contributed by atoms with E-state index in [0.717, 1.165) is 24.9 Å². The molecule has 1 saturated carbocycles. The van der Waals surface area contributed by atoms with Gasteiger partial charge in [0.2, 0.25) is 5.91 Å². The Bertz CT molecular complexity index is 427. The zero-order chi connectivity index (χ0) is 13.0. The zero-order valence-corrected chi connectivity index (χ0v) is 10.9. The Morgan fingerprint density at radius 3 is 2.72 bits per heavy atom. The second kappa shape index (κ2) is 5.76. The molecule has 4 nitrogen and oxygen atoms in total. The Morgan fingerprint density at radius 2 is 2.17 bits per heavy atom. The van der Waals surface area contributed by atoms with Crippen LogP contribution in [0.3, 0.4) is 0 Å². The van der Waals surface area contributed by atoms with Crippen molar-refractivity contribution in [2.45, 2.75) is 26.2 Å². The molecule has 4 heteroatoms. The molecule has 1 aliphatic carbocycles. The van der Waals surface area contributed by atoms with Crippen LogP contribution in [0, 0.1) is 5.92 Å². The van der Waals surface area contributed by atoms with E-state index in [-0.39, 0.29) is 11.8 Å². The van der Waals surface area contributed by atoms with Gasteiger partial charge in [0.25, 0.3) is 0 Å². The number of amides is 1. The van der Waals surface area contributed by atoms with Crippen molar-refractivity contribution in [1.82, 2.24) is 0 Å². The standard InChI is InChI=1S/C14H19NO3/c1-3-18-12-8-7-11(9-13(12)17-2)15-14(16)10-5-4-6-10/h7-10H,3-6H2,1-2H3,(H,15,16). The van der Waals surface area contributed by atoms with E-state index in [9.17, 15) is 4.79 Å². The van der Waals surface area contributed by atoms with Gasteiger partial charge in [-0.3, -0.25) is 4.79 Å². The lowest BCUT2D eigenvalue weighted by Gasteiger charge is -2.24. The minimum Gasteiger partial charge on any atom is -0.493 e. The molecule has 0 radical (unpaired) electrons. The Morgan fingerprint density at radius 1 is 1.39 bits per heavy atom. The van der Waals surface area contributed by atoms with Crippen LogP contribution in [-0.4, -0.2) is 19.6 Å². The summed E-state index contributed by atoms with van der Waals surface area (Å²) in [6.07, 6.45) is 3.16. The summed E-state index contributed by atoms with van der Waals surface area (Å²) >= 11 is 0. The predicted molar refractivity (Wildman–Crippen MR) is 70.1 cm³/mol. The largest absolute Gasteiger partial charge is 0.493 e. The lowest BCUT2D eigenvalue weighted by molar-refractivity contribution is -0.122. The Balaban J connectivity index is 2.06. The van der Waals surface area contributed by atoms with Gasteiger partial charge in [0, 0.05) is 17.7 Å². The lowest BCUT2D eigenvalue weighted by atomic mass is 9.85. The summed E-state index contributed by atoms with van der Waals surface area (Å²) in [5.41, 5.74) is 0.757. The summed E-state index contributed by atoms with van der Waals surface area (Å²) in [5.74, 6) is 1.62. The first-order chi connectivity index (χ1) is 8.74. The molecule has 1 amide bonds. The molecule has 0 bridgehead atoms. The highest BCUT2D eigenvalue weighted by molar-refractivity contribution is 5.93. The molecule has 18 heavy (non-hydrogen) atoms. The molecule has 1 fully saturated rings. The maximum absolute atomic E-state index is 11.8. The third kappa shape index (κ3) is 2.75. The van der Waals surface area contributed by atoms with Gasteiger partial charge in [-0.25, -0.2) is 0 Å². The molecule has 0 spiro atoms. The van der Waals surface area contributed by atoms with E-state index >= 15 is 0 Å². The Labute approximate surface area is 107 Å². The van der Waals surface area contributed by atoms with Gasteiger partial charge in [0.1, 0.15) is 0 Å². The third-order valence-corrected chi connectivity index (χ3v) is 3.21. The topological polar surface area (TPSA) is 47.6 Å². The number of hydrogen-bond acceptors (Lipinski definition) is 3. The predicted octanol–water partition coefficient (Wildman–Crippen LogP) is 2.83. The van der Waals surface area contributed by atoms with Gasteiger partial charge in [0.15, 0.2) is 11.5 Å². The molecule has 0 aliphatic heterocycles. The van der Waals surface area contributed by atoms with Crippen molar-refractivity contribution in [1.29, 1.82) is 0 Å². The van der Waals surface area contributed by atoms with Gasteiger partial charge in [-0.1, -0.05) is 6.42 Å². The van der Waals surface area contributed by atoms with E-state index in [1.807, 2.05) is 19.1 Å².